The van der Waals surface area contributed by atoms with Gasteiger partial charge >= 0.3 is 12.4 Å². The van der Waals surface area contributed by atoms with E-state index in [-0.39, 0.29) is 25.0 Å². The maximum absolute atomic E-state index is 13.7. The minimum Gasteiger partial charge on any atom is -0.369 e. The summed E-state index contributed by atoms with van der Waals surface area (Å²) in [6.07, 6.45) is -9.53. The molecule has 1 saturated carbocycles. The average molecular weight is 548 g/mol. The lowest BCUT2D eigenvalue weighted by Gasteiger charge is -2.33. The van der Waals surface area contributed by atoms with Crippen LogP contribution < -0.4 is 10.6 Å². The number of alkyl halides is 6. The number of anilines is 2. The van der Waals surface area contributed by atoms with Gasteiger partial charge in [-0.15, -0.1) is 0 Å². The molecule has 2 amide bonds. The number of hydrogen-bond donors (Lipinski definition) is 1. The van der Waals surface area contributed by atoms with Crippen LogP contribution >= 0.6 is 0 Å². The molecule has 1 aliphatic carbocycles. The van der Waals surface area contributed by atoms with Gasteiger partial charge in [0.25, 0.3) is 11.4 Å². The van der Waals surface area contributed by atoms with E-state index < -0.39 is 79.7 Å². The van der Waals surface area contributed by atoms with E-state index in [0.29, 0.717) is 29.9 Å². The van der Waals surface area contributed by atoms with Crippen molar-refractivity contribution in [1.82, 2.24) is 0 Å². The second-order valence-electron chi connectivity index (χ2n) is 8.49. The number of carbonyl (C=O) groups excluding carboxylic acids is 2. The lowest BCUT2D eigenvalue weighted by atomic mass is 9.78. The second-order valence-corrected chi connectivity index (χ2v) is 8.49. The van der Waals surface area contributed by atoms with Gasteiger partial charge in [-0.3, -0.25) is 34.7 Å². The van der Waals surface area contributed by atoms with Gasteiger partial charge in [0.05, 0.1) is 15.8 Å². The molecule has 2 N–H and O–H groups in total. The van der Waals surface area contributed by atoms with Gasteiger partial charge in [0.15, 0.2) is 0 Å². The van der Waals surface area contributed by atoms with Crippen LogP contribution in [0.3, 0.4) is 0 Å². The fourth-order valence-electron chi connectivity index (χ4n) is 4.44. The molecule has 0 saturated heterocycles. The van der Waals surface area contributed by atoms with Crippen LogP contribution in [0.1, 0.15) is 36.8 Å². The molecule has 3 rings (SSSR count). The summed E-state index contributed by atoms with van der Waals surface area (Å²) in [7, 11) is 0. The molecule has 1 aliphatic rings. The number of rotatable bonds is 6. The van der Waals surface area contributed by atoms with Crippen LogP contribution in [0, 0.1) is 32.1 Å². The highest BCUT2D eigenvalue weighted by atomic mass is 19.4. The van der Waals surface area contributed by atoms with Crippen molar-refractivity contribution in [3.63, 3.8) is 0 Å². The molecule has 2 aromatic carbocycles. The fraction of sp³-hybridized carbons (Fsp3) is 0.364. The lowest BCUT2D eigenvalue weighted by molar-refractivity contribution is -0.388. The van der Waals surface area contributed by atoms with Gasteiger partial charge in [0, 0.05) is 29.4 Å². The summed E-state index contributed by atoms with van der Waals surface area (Å²) in [4.78, 5) is 45.7. The summed E-state index contributed by atoms with van der Waals surface area (Å²) < 4.78 is 81.9. The SMILES string of the molecule is NC(=O)C1CCCCC1C(=O)N(c1ccc([N+](=O)[O-])c(C(F)(F)F)c1)c1ccc([N+](=O)[O-])c(C(F)(F)F)c1. The first-order valence-corrected chi connectivity index (χ1v) is 10.9. The van der Waals surface area contributed by atoms with E-state index in [1.807, 2.05) is 0 Å². The average Bonchev–Trinajstić information content (AvgIpc) is 2.82. The van der Waals surface area contributed by atoms with Gasteiger partial charge < -0.3 is 5.73 Å². The first-order chi connectivity index (χ1) is 17.5. The van der Waals surface area contributed by atoms with Gasteiger partial charge in [-0.05, 0) is 37.1 Å². The van der Waals surface area contributed by atoms with Crippen molar-refractivity contribution in [1.29, 1.82) is 0 Å². The van der Waals surface area contributed by atoms with Crippen molar-refractivity contribution >= 4 is 34.6 Å². The fourth-order valence-corrected chi connectivity index (χ4v) is 4.44. The van der Waals surface area contributed by atoms with Gasteiger partial charge in [-0.1, -0.05) is 12.8 Å². The number of primary amides is 1. The third-order valence-corrected chi connectivity index (χ3v) is 6.15. The van der Waals surface area contributed by atoms with Gasteiger partial charge in [0.1, 0.15) is 11.1 Å². The Bertz CT molecular complexity index is 1220. The number of nitrogens with two attached hydrogens (primary N) is 1. The number of nitro groups is 2. The molecule has 10 nitrogen and oxygen atoms in total. The first-order valence-electron chi connectivity index (χ1n) is 10.9. The molecule has 0 radical (unpaired) electrons. The third-order valence-electron chi connectivity index (χ3n) is 6.15. The molecular formula is C22H18F6N4O6. The van der Waals surface area contributed by atoms with E-state index in [2.05, 4.69) is 0 Å². The molecule has 0 bridgehead atoms. The maximum atomic E-state index is 13.7. The molecule has 2 aromatic rings. The van der Waals surface area contributed by atoms with Crippen molar-refractivity contribution < 1.29 is 45.8 Å². The largest absolute Gasteiger partial charge is 0.423 e. The number of amides is 2. The summed E-state index contributed by atoms with van der Waals surface area (Å²) >= 11 is 0. The van der Waals surface area contributed by atoms with Crippen LogP contribution in [-0.2, 0) is 21.9 Å². The summed E-state index contributed by atoms with van der Waals surface area (Å²) in [5.74, 6) is -4.32. The molecule has 38 heavy (non-hydrogen) atoms. The Morgan fingerprint density at radius 1 is 0.789 bits per heavy atom. The maximum Gasteiger partial charge on any atom is 0.423 e. The van der Waals surface area contributed by atoms with Crippen LogP contribution in [0.15, 0.2) is 36.4 Å². The highest BCUT2D eigenvalue weighted by Gasteiger charge is 2.43. The van der Waals surface area contributed by atoms with E-state index in [1.165, 1.54) is 0 Å². The predicted molar refractivity (Wildman–Crippen MR) is 118 cm³/mol. The normalized spacial score (nSPS) is 18.1. The van der Waals surface area contributed by atoms with Gasteiger partial charge in [-0.2, -0.15) is 26.3 Å². The zero-order chi connectivity index (χ0) is 28.6. The third kappa shape index (κ3) is 5.68. The lowest BCUT2D eigenvalue weighted by Crippen LogP contribution is -2.42. The number of nitro benzene ring substituents is 2. The number of halogens is 6. The Labute approximate surface area is 209 Å². The molecule has 0 aromatic heterocycles. The Kier molecular flexibility index (Phi) is 7.65. The molecule has 204 valence electrons. The van der Waals surface area contributed by atoms with Crippen LogP contribution in [0.5, 0.6) is 0 Å². The predicted octanol–water partition coefficient (Wildman–Crippen LogP) is 5.50. The first kappa shape index (κ1) is 28.3. The zero-order valence-electron chi connectivity index (χ0n) is 19.1. The summed E-state index contributed by atoms with van der Waals surface area (Å²) in [6.45, 7) is 0. The zero-order valence-corrected chi connectivity index (χ0v) is 19.1. The van der Waals surface area contributed by atoms with Crippen molar-refractivity contribution in [3.05, 3.63) is 67.8 Å². The standard InChI is InChI=1S/C22H18F6N4O6/c23-21(24,25)15-9-11(5-7-17(15)31(35)36)30(20(34)14-4-2-1-3-13(14)19(29)33)12-6-8-18(32(37)38)16(10-12)22(26,27)28/h5-10,13-14H,1-4H2,(H2,29,33). The van der Waals surface area contributed by atoms with Crippen molar-refractivity contribution in [2.24, 2.45) is 17.6 Å². The van der Waals surface area contributed by atoms with E-state index >= 15 is 0 Å². The summed E-state index contributed by atoms with van der Waals surface area (Å²) in [6, 6.07) is 2.74. The Balaban J connectivity index is 2.30. The van der Waals surface area contributed by atoms with E-state index in [9.17, 15) is 56.2 Å². The number of benzene rings is 2. The van der Waals surface area contributed by atoms with Crippen molar-refractivity contribution in [3.8, 4) is 0 Å². The highest BCUT2D eigenvalue weighted by Crippen LogP contribution is 2.44. The molecule has 2 atom stereocenters. The van der Waals surface area contributed by atoms with Gasteiger partial charge in [-0.25, -0.2) is 0 Å². The number of hydrogen-bond acceptors (Lipinski definition) is 6. The van der Waals surface area contributed by atoms with Crippen LogP contribution in [0.4, 0.5) is 49.1 Å². The molecule has 1 fully saturated rings. The molecule has 0 aliphatic heterocycles. The minimum atomic E-state index is -5.29. The number of nitrogens with zero attached hydrogens (tertiary/aromatic N) is 3. The summed E-state index contributed by atoms with van der Waals surface area (Å²) in [5, 5.41) is 22.3. The molecule has 0 spiro atoms. The van der Waals surface area contributed by atoms with Crippen LogP contribution in [0.25, 0.3) is 0 Å². The quantitative estimate of drug-likeness (QED) is 0.286. The van der Waals surface area contributed by atoms with Crippen LogP contribution in [-0.4, -0.2) is 21.7 Å². The molecule has 0 heterocycles. The monoisotopic (exact) mass is 548 g/mol. The van der Waals surface area contributed by atoms with E-state index in [0.717, 1.165) is 12.1 Å². The summed E-state index contributed by atoms with van der Waals surface area (Å²) in [5.41, 5.74) is -2.35. The molecule has 2 unspecified atom stereocenters. The Hall–Kier alpha value is -4.24. The minimum absolute atomic E-state index is 0.0289. The topological polar surface area (TPSA) is 150 Å². The Morgan fingerprint density at radius 3 is 1.53 bits per heavy atom. The van der Waals surface area contributed by atoms with Crippen LogP contribution in [0.2, 0.25) is 0 Å². The van der Waals surface area contributed by atoms with Crippen molar-refractivity contribution in [2.45, 2.75) is 38.0 Å². The highest BCUT2D eigenvalue weighted by molar-refractivity contribution is 6.04. The van der Waals surface area contributed by atoms with Gasteiger partial charge in [0.2, 0.25) is 11.8 Å². The molecular weight excluding hydrogens is 530 g/mol. The smallest absolute Gasteiger partial charge is 0.369 e. The van der Waals surface area contributed by atoms with E-state index in [1.54, 1.807) is 0 Å². The Morgan fingerprint density at radius 2 is 1.18 bits per heavy atom. The van der Waals surface area contributed by atoms with E-state index in [4.69, 9.17) is 5.73 Å². The number of carbonyl (C=O) groups is 2. The second kappa shape index (κ2) is 10.3. The van der Waals surface area contributed by atoms with Crippen molar-refractivity contribution in [2.75, 3.05) is 4.90 Å². The molecule has 16 heteroatoms.